The molecule has 0 aliphatic heterocycles. The van der Waals surface area contributed by atoms with Crippen molar-refractivity contribution in [1.82, 2.24) is 4.90 Å². The summed E-state index contributed by atoms with van der Waals surface area (Å²) in [6.45, 7) is 0.619. The molecule has 2 rings (SSSR count). The fourth-order valence-corrected chi connectivity index (χ4v) is 3.46. The Morgan fingerprint density at radius 2 is 2.11 bits per heavy atom. The minimum absolute atomic E-state index is 0.0692. The molecule has 1 aromatic carbocycles. The van der Waals surface area contributed by atoms with E-state index in [4.69, 9.17) is 11.6 Å². The maximum atomic E-state index is 12.5. The highest BCUT2D eigenvalue weighted by Crippen LogP contribution is 2.29. The van der Waals surface area contributed by atoms with Crippen LogP contribution in [0, 0.1) is 0 Å². The van der Waals surface area contributed by atoms with Crippen LogP contribution in [0.4, 0.5) is 0 Å². The van der Waals surface area contributed by atoms with Gasteiger partial charge < -0.3 is 4.90 Å². The summed E-state index contributed by atoms with van der Waals surface area (Å²) in [4.78, 5) is 14.4. The van der Waals surface area contributed by atoms with Gasteiger partial charge in [0.15, 0.2) is 0 Å². The van der Waals surface area contributed by atoms with Gasteiger partial charge in [-0.2, -0.15) is 0 Å². The van der Waals surface area contributed by atoms with E-state index in [0.29, 0.717) is 24.0 Å². The van der Waals surface area contributed by atoms with Crippen molar-refractivity contribution in [3.8, 4) is 0 Å². The molecule has 0 heterocycles. The molecule has 1 amide bonds. The number of benzene rings is 1. The summed E-state index contributed by atoms with van der Waals surface area (Å²) in [6.07, 6.45) is 3.39. The van der Waals surface area contributed by atoms with Crippen LogP contribution < -0.4 is 0 Å². The van der Waals surface area contributed by atoms with Gasteiger partial charge in [0.25, 0.3) is 5.91 Å². The largest absolute Gasteiger partial charge is 0.334 e. The molecule has 5 heteroatoms. The van der Waals surface area contributed by atoms with Crippen molar-refractivity contribution in [1.29, 1.82) is 0 Å². The van der Waals surface area contributed by atoms with Gasteiger partial charge in [-0.1, -0.05) is 15.9 Å². The third-order valence-electron chi connectivity index (χ3n) is 3.26. The number of carbonyl (C=O) groups is 1. The van der Waals surface area contributed by atoms with E-state index in [0.717, 1.165) is 21.8 Å². The molecule has 0 saturated heterocycles. The number of rotatable bonds is 4. The van der Waals surface area contributed by atoms with E-state index in [2.05, 4.69) is 31.9 Å². The second-order valence-electron chi connectivity index (χ2n) is 4.40. The highest BCUT2D eigenvalue weighted by molar-refractivity contribution is 9.11. The van der Waals surface area contributed by atoms with Crippen LogP contribution >= 0.6 is 43.5 Å². The fourth-order valence-electron chi connectivity index (χ4n) is 2.06. The minimum Gasteiger partial charge on any atom is -0.334 e. The van der Waals surface area contributed by atoms with Gasteiger partial charge in [-0.05, 0) is 53.4 Å². The quantitative estimate of drug-likeness (QED) is 0.690. The minimum atomic E-state index is 0.0692. The molecule has 18 heavy (non-hydrogen) atoms. The number of halogens is 3. The van der Waals surface area contributed by atoms with E-state index in [1.807, 2.05) is 23.1 Å². The number of alkyl halides is 1. The van der Waals surface area contributed by atoms with Gasteiger partial charge in [0, 0.05) is 27.4 Å². The molecule has 0 N–H and O–H groups in total. The van der Waals surface area contributed by atoms with E-state index in [9.17, 15) is 4.79 Å². The summed E-state index contributed by atoms with van der Waals surface area (Å²) in [5, 5.41) is 0. The first-order valence-electron chi connectivity index (χ1n) is 5.95. The summed E-state index contributed by atoms with van der Waals surface area (Å²) in [6, 6.07) is 5.99. The van der Waals surface area contributed by atoms with Crippen molar-refractivity contribution in [3.63, 3.8) is 0 Å². The average Bonchev–Trinajstić information content (AvgIpc) is 2.25. The lowest BCUT2D eigenvalue weighted by Crippen LogP contribution is -2.45. The molecule has 1 aliphatic carbocycles. The van der Waals surface area contributed by atoms with Crippen molar-refractivity contribution in [2.45, 2.75) is 25.3 Å². The van der Waals surface area contributed by atoms with Gasteiger partial charge in [0.05, 0.1) is 5.56 Å². The summed E-state index contributed by atoms with van der Waals surface area (Å²) < 4.78 is 1.78. The monoisotopic (exact) mass is 393 g/mol. The highest BCUT2D eigenvalue weighted by atomic mass is 79.9. The predicted octanol–water partition coefficient (Wildman–Crippen LogP) is 4.45. The molecule has 0 aromatic heterocycles. The maximum absolute atomic E-state index is 12.5. The van der Waals surface area contributed by atoms with E-state index in [1.54, 1.807) is 0 Å². The first-order chi connectivity index (χ1) is 8.63. The molecule has 1 aliphatic rings. The standard InChI is InChI=1S/C13H14Br2ClNO/c14-9-4-5-11(12(15)8-9)13(18)17(7-6-16)10-2-1-3-10/h4-5,8,10H,1-3,6-7H2. The van der Waals surface area contributed by atoms with Crippen LogP contribution in [-0.2, 0) is 0 Å². The number of hydrogen-bond donors (Lipinski definition) is 0. The molecule has 0 radical (unpaired) electrons. The topological polar surface area (TPSA) is 20.3 Å². The number of hydrogen-bond acceptors (Lipinski definition) is 1. The van der Waals surface area contributed by atoms with Crippen molar-refractivity contribution >= 4 is 49.4 Å². The molecule has 0 atom stereocenters. The summed E-state index contributed by atoms with van der Waals surface area (Å²) >= 11 is 12.6. The Kier molecular flexibility index (Phi) is 5.10. The molecule has 1 saturated carbocycles. The summed E-state index contributed by atoms with van der Waals surface area (Å²) in [5.74, 6) is 0.552. The van der Waals surface area contributed by atoms with Gasteiger partial charge in [-0.15, -0.1) is 11.6 Å². The van der Waals surface area contributed by atoms with Crippen LogP contribution in [0.1, 0.15) is 29.6 Å². The van der Waals surface area contributed by atoms with E-state index < -0.39 is 0 Å². The fraction of sp³-hybridized carbons (Fsp3) is 0.462. The predicted molar refractivity (Wildman–Crippen MR) is 81.2 cm³/mol. The lowest BCUT2D eigenvalue weighted by molar-refractivity contribution is 0.0597. The summed E-state index contributed by atoms with van der Waals surface area (Å²) in [5.41, 5.74) is 0.704. The molecule has 1 fully saturated rings. The normalized spacial score (nSPS) is 15.3. The van der Waals surface area contributed by atoms with Crippen LogP contribution in [-0.4, -0.2) is 29.3 Å². The third-order valence-corrected chi connectivity index (χ3v) is 4.58. The second kappa shape index (κ2) is 6.40. The lowest BCUT2D eigenvalue weighted by Gasteiger charge is -2.37. The molecule has 1 aromatic rings. The molecule has 2 nitrogen and oxygen atoms in total. The van der Waals surface area contributed by atoms with Gasteiger partial charge in [-0.25, -0.2) is 0 Å². The molecule has 0 spiro atoms. The van der Waals surface area contributed by atoms with E-state index >= 15 is 0 Å². The van der Waals surface area contributed by atoms with E-state index in [1.165, 1.54) is 6.42 Å². The first kappa shape index (κ1) is 14.4. The Hall–Kier alpha value is -0.0600. The number of carbonyl (C=O) groups excluding carboxylic acids is 1. The Bertz CT molecular complexity index is 449. The van der Waals surface area contributed by atoms with Crippen LogP contribution in [0.3, 0.4) is 0 Å². The lowest BCUT2D eigenvalue weighted by atomic mass is 9.91. The Morgan fingerprint density at radius 1 is 1.39 bits per heavy atom. The summed E-state index contributed by atoms with van der Waals surface area (Å²) in [7, 11) is 0. The van der Waals surface area contributed by atoms with Gasteiger partial charge in [0.1, 0.15) is 0 Å². The SMILES string of the molecule is O=C(c1ccc(Br)cc1Br)N(CCCl)C1CCC1. The average molecular weight is 396 g/mol. The molecule has 0 unspecified atom stereocenters. The van der Waals surface area contributed by atoms with Crippen LogP contribution in [0.25, 0.3) is 0 Å². The van der Waals surface area contributed by atoms with Gasteiger partial charge in [-0.3, -0.25) is 4.79 Å². The Morgan fingerprint density at radius 3 is 2.61 bits per heavy atom. The van der Waals surface area contributed by atoms with Crippen LogP contribution in [0.5, 0.6) is 0 Å². The number of nitrogens with zero attached hydrogens (tertiary/aromatic N) is 1. The van der Waals surface area contributed by atoms with E-state index in [-0.39, 0.29) is 5.91 Å². The van der Waals surface area contributed by atoms with Crippen molar-refractivity contribution in [2.24, 2.45) is 0 Å². The molecular weight excluding hydrogens is 381 g/mol. The molecule has 0 bridgehead atoms. The van der Waals surface area contributed by atoms with Gasteiger partial charge >= 0.3 is 0 Å². The van der Waals surface area contributed by atoms with Crippen molar-refractivity contribution in [2.75, 3.05) is 12.4 Å². The Balaban J connectivity index is 2.21. The number of amides is 1. The molecule has 98 valence electrons. The van der Waals surface area contributed by atoms with Crippen LogP contribution in [0.2, 0.25) is 0 Å². The molecular formula is C13H14Br2ClNO. The van der Waals surface area contributed by atoms with Gasteiger partial charge in [0.2, 0.25) is 0 Å². The zero-order chi connectivity index (χ0) is 13.1. The smallest absolute Gasteiger partial charge is 0.255 e. The zero-order valence-corrected chi connectivity index (χ0v) is 13.8. The van der Waals surface area contributed by atoms with Crippen molar-refractivity contribution < 1.29 is 4.79 Å². The third kappa shape index (κ3) is 3.09. The maximum Gasteiger partial charge on any atom is 0.255 e. The van der Waals surface area contributed by atoms with Crippen LogP contribution in [0.15, 0.2) is 27.1 Å². The highest BCUT2D eigenvalue weighted by Gasteiger charge is 2.29. The van der Waals surface area contributed by atoms with Crippen molar-refractivity contribution in [3.05, 3.63) is 32.7 Å². The Labute approximate surface area is 129 Å². The zero-order valence-electron chi connectivity index (χ0n) is 9.83. The first-order valence-corrected chi connectivity index (χ1v) is 8.07. The second-order valence-corrected chi connectivity index (χ2v) is 6.54.